The summed E-state index contributed by atoms with van der Waals surface area (Å²) in [6, 6.07) is 9.73. The van der Waals surface area contributed by atoms with Gasteiger partial charge in [0.2, 0.25) is 0 Å². The SMILES string of the molecule is COc1cc(/C=C\c2ccc(OC)c(O[Si](C)(C)C(C)(C)C)c2Br)cc(OC)c1. The molecule has 0 aliphatic heterocycles. The van der Waals surface area contributed by atoms with Crippen LogP contribution >= 0.6 is 15.9 Å². The Morgan fingerprint density at radius 1 is 0.862 bits per heavy atom. The molecule has 0 N–H and O–H groups in total. The summed E-state index contributed by atoms with van der Waals surface area (Å²) in [6.07, 6.45) is 4.06. The van der Waals surface area contributed by atoms with Gasteiger partial charge >= 0.3 is 0 Å². The average Bonchev–Trinajstić information content (AvgIpc) is 2.67. The van der Waals surface area contributed by atoms with Gasteiger partial charge in [-0.25, -0.2) is 0 Å². The maximum absolute atomic E-state index is 6.58. The first-order valence-corrected chi connectivity index (χ1v) is 13.2. The number of rotatable bonds is 7. The smallest absolute Gasteiger partial charge is 0.250 e. The molecule has 0 atom stereocenters. The predicted molar refractivity (Wildman–Crippen MR) is 127 cm³/mol. The minimum Gasteiger partial charge on any atom is -0.540 e. The van der Waals surface area contributed by atoms with Crippen LogP contribution in [0.4, 0.5) is 0 Å². The summed E-state index contributed by atoms with van der Waals surface area (Å²) in [5.41, 5.74) is 1.98. The van der Waals surface area contributed by atoms with Crippen LogP contribution in [0.2, 0.25) is 18.1 Å². The van der Waals surface area contributed by atoms with Crippen LogP contribution in [-0.4, -0.2) is 29.6 Å². The van der Waals surface area contributed by atoms with Gasteiger partial charge in [0.25, 0.3) is 8.32 Å². The molecule has 2 rings (SSSR count). The highest BCUT2D eigenvalue weighted by Gasteiger charge is 2.40. The standard InChI is InChI=1S/C23H31BrO4Si/c1-23(2,3)29(7,8)28-22-20(27-6)12-11-17(21(22)24)10-9-16-13-18(25-4)15-19(14-16)26-5/h9-15H,1-8H3/b10-9-. The zero-order chi connectivity index (χ0) is 21.8. The Kier molecular flexibility index (Phi) is 7.46. The van der Waals surface area contributed by atoms with Gasteiger partial charge in [0.15, 0.2) is 11.5 Å². The minimum absolute atomic E-state index is 0.0838. The van der Waals surface area contributed by atoms with Crippen LogP contribution in [0.15, 0.2) is 34.8 Å². The summed E-state index contributed by atoms with van der Waals surface area (Å²) in [5.74, 6) is 2.98. The van der Waals surface area contributed by atoms with Crippen LogP contribution < -0.4 is 18.6 Å². The molecule has 0 radical (unpaired) electrons. The van der Waals surface area contributed by atoms with E-state index >= 15 is 0 Å². The fraction of sp³-hybridized carbons (Fsp3) is 0.391. The van der Waals surface area contributed by atoms with Crippen molar-refractivity contribution >= 4 is 36.4 Å². The largest absolute Gasteiger partial charge is 0.540 e. The lowest BCUT2D eigenvalue weighted by Gasteiger charge is -2.37. The molecule has 0 saturated carbocycles. The first-order valence-electron chi connectivity index (χ1n) is 9.49. The molecule has 2 aromatic rings. The molecule has 29 heavy (non-hydrogen) atoms. The van der Waals surface area contributed by atoms with Gasteiger partial charge in [0.1, 0.15) is 11.5 Å². The number of ether oxygens (including phenoxy) is 3. The molecule has 0 aromatic heterocycles. The number of benzene rings is 2. The average molecular weight is 479 g/mol. The Morgan fingerprint density at radius 2 is 1.45 bits per heavy atom. The highest BCUT2D eigenvalue weighted by molar-refractivity contribution is 9.10. The van der Waals surface area contributed by atoms with E-state index in [9.17, 15) is 0 Å². The van der Waals surface area contributed by atoms with Gasteiger partial charge < -0.3 is 18.6 Å². The third kappa shape index (κ3) is 5.57. The van der Waals surface area contributed by atoms with Crippen molar-refractivity contribution in [1.29, 1.82) is 0 Å². The van der Waals surface area contributed by atoms with Gasteiger partial charge in [0.05, 0.1) is 25.8 Å². The third-order valence-electron chi connectivity index (χ3n) is 5.30. The lowest BCUT2D eigenvalue weighted by atomic mass is 10.1. The Balaban J connectivity index is 2.44. The second kappa shape index (κ2) is 9.26. The minimum atomic E-state index is -2.03. The number of methoxy groups -OCH3 is 3. The van der Waals surface area contributed by atoms with Crippen molar-refractivity contribution in [2.75, 3.05) is 21.3 Å². The second-order valence-corrected chi connectivity index (χ2v) is 13.9. The summed E-state index contributed by atoms with van der Waals surface area (Å²) in [5, 5.41) is 0.0838. The number of hydrogen-bond acceptors (Lipinski definition) is 4. The third-order valence-corrected chi connectivity index (χ3v) is 10.4. The molecule has 0 fully saturated rings. The number of hydrogen-bond donors (Lipinski definition) is 0. The van der Waals surface area contributed by atoms with Crippen molar-refractivity contribution in [2.45, 2.75) is 38.9 Å². The molecule has 0 aliphatic carbocycles. The Morgan fingerprint density at radius 3 is 1.93 bits per heavy atom. The molecule has 4 nitrogen and oxygen atoms in total. The summed E-state index contributed by atoms with van der Waals surface area (Å²) in [4.78, 5) is 0. The molecule has 6 heteroatoms. The molecule has 158 valence electrons. The van der Waals surface area contributed by atoms with Crippen molar-refractivity contribution in [3.05, 3.63) is 45.9 Å². The summed E-state index contributed by atoms with van der Waals surface area (Å²) in [7, 11) is 2.93. The number of halogens is 1. The highest BCUT2D eigenvalue weighted by atomic mass is 79.9. The Bertz CT molecular complexity index is 863. The van der Waals surface area contributed by atoms with E-state index in [4.69, 9.17) is 18.6 Å². The van der Waals surface area contributed by atoms with Crippen molar-refractivity contribution < 1.29 is 18.6 Å². The molecule has 0 spiro atoms. The molecule has 0 aliphatic rings. The van der Waals surface area contributed by atoms with E-state index < -0.39 is 8.32 Å². The lowest BCUT2D eigenvalue weighted by Crippen LogP contribution is -2.44. The van der Waals surface area contributed by atoms with Crippen molar-refractivity contribution in [2.24, 2.45) is 0 Å². The van der Waals surface area contributed by atoms with E-state index in [1.807, 2.05) is 42.5 Å². The molecule has 2 aromatic carbocycles. The van der Waals surface area contributed by atoms with Crippen LogP contribution in [-0.2, 0) is 0 Å². The predicted octanol–water partition coefficient (Wildman–Crippen LogP) is 7.03. The Labute approximate surface area is 184 Å². The van der Waals surface area contributed by atoms with Gasteiger partial charge in [0, 0.05) is 6.07 Å². The van der Waals surface area contributed by atoms with E-state index in [0.29, 0.717) is 0 Å². The summed E-state index contributed by atoms with van der Waals surface area (Å²) >= 11 is 3.74. The fourth-order valence-corrected chi connectivity index (χ4v) is 4.17. The first-order chi connectivity index (χ1) is 13.5. The van der Waals surface area contributed by atoms with Crippen LogP contribution in [0.5, 0.6) is 23.0 Å². The van der Waals surface area contributed by atoms with E-state index in [-0.39, 0.29) is 5.04 Å². The van der Waals surface area contributed by atoms with Crippen molar-refractivity contribution in [3.63, 3.8) is 0 Å². The van der Waals surface area contributed by atoms with Crippen LogP contribution in [0.1, 0.15) is 31.9 Å². The molecular weight excluding hydrogens is 448 g/mol. The maximum Gasteiger partial charge on any atom is 0.250 e. The van der Waals surface area contributed by atoms with E-state index in [0.717, 1.165) is 38.6 Å². The van der Waals surface area contributed by atoms with E-state index in [1.54, 1.807) is 21.3 Å². The topological polar surface area (TPSA) is 36.9 Å². The quantitative estimate of drug-likeness (QED) is 0.316. The van der Waals surface area contributed by atoms with Crippen molar-refractivity contribution in [3.8, 4) is 23.0 Å². The van der Waals surface area contributed by atoms with Gasteiger partial charge in [-0.2, -0.15) is 0 Å². The Hall–Kier alpha value is -1.92. The monoisotopic (exact) mass is 478 g/mol. The fourth-order valence-electron chi connectivity index (χ4n) is 2.46. The normalized spacial score (nSPS) is 12.2. The van der Waals surface area contributed by atoms with Gasteiger partial charge in [-0.05, 0) is 69.5 Å². The van der Waals surface area contributed by atoms with Gasteiger partial charge in [-0.15, -0.1) is 0 Å². The van der Waals surface area contributed by atoms with Gasteiger partial charge in [-0.1, -0.05) is 32.9 Å². The van der Waals surface area contributed by atoms with Crippen molar-refractivity contribution in [1.82, 2.24) is 0 Å². The molecule has 0 heterocycles. The van der Waals surface area contributed by atoms with Crippen LogP contribution in [0.3, 0.4) is 0 Å². The first kappa shape index (κ1) is 23.4. The zero-order valence-electron chi connectivity index (χ0n) is 18.6. The van der Waals surface area contributed by atoms with Crippen LogP contribution in [0.25, 0.3) is 12.2 Å². The maximum atomic E-state index is 6.58. The van der Waals surface area contributed by atoms with Crippen LogP contribution in [0, 0.1) is 0 Å². The second-order valence-electron chi connectivity index (χ2n) is 8.34. The molecule has 0 unspecified atom stereocenters. The molecular formula is C23H31BrO4Si. The highest BCUT2D eigenvalue weighted by Crippen LogP contribution is 2.44. The molecule has 0 saturated heterocycles. The van der Waals surface area contributed by atoms with E-state index in [2.05, 4.69) is 49.8 Å². The van der Waals surface area contributed by atoms with E-state index in [1.165, 1.54) is 0 Å². The zero-order valence-corrected chi connectivity index (χ0v) is 21.1. The molecule has 0 amide bonds. The molecule has 0 bridgehead atoms. The van der Waals surface area contributed by atoms with Gasteiger partial charge in [-0.3, -0.25) is 0 Å². The summed E-state index contributed by atoms with van der Waals surface area (Å²) < 4.78 is 23.7. The lowest BCUT2D eigenvalue weighted by molar-refractivity contribution is 0.384. The summed E-state index contributed by atoms with van der Waals surface area (Å²) in [6.45, 7) is 11.1.